The zero-order chi connectivity index (χ0) is 18.6. The Morgan fingerprint density at radius 1 is 1.36 bits per heavy atom. The van der Waals surface area contributed by atoms with Gasteiger partial charge in [0.2, 0.25) is 11.8 Å². The summed E-state index contributed by atoms with van der Waals surface area (Å²) in [7, 11) is 0. The van der Waals surface area contributed by atoms with Crippen LogP contribution in [0.5, 0.6) is 0 Å². The average molecular weight is 356 g/mol. The second-order valence-electron chi connectivity index (χ2n) is 6.58. The number of piperidine rings is 1. The number of rotatable bonds is 5. The molecule has 1 aliphatic rings. The fraction of sp³-hybridized carbons (Fsp3) is 0.556. The fourth-order valence-corrected chi connectivity index (χ4v) is 3.18. The van der Waals surface area contributed by atoms with E-state index in [-0.39, 0.29) is 36.3 Å². The van der Waals surface area contributed by atoms with E-state index in [0.29, 0.717) is 6.42 Å². The molecule has 2 amide bonds. The van der Waals surface area contributed by atoms with Crippen molar-refractivity contribution < 1.29 is 22.8 Å². The summed E-state index contributed by atoms with van der Waals surface area (Å²) in [6.07, 6.45) is -2.92. The molecule has 0 spiro atoms. The third kappa shape index (κ3) is 5.21. The summed E-state index contributed by atoms with van der Waals surface area (Å²) in [6.45, 7) is 3.60. The Labute approximate surface area is 145 Å². The van der Waals surface area contributed by atoms with Crippen LogP contribution in [0.2, 0.25) is 0 Å². The lowest BCUT2D eigenvalue weighted by atomic mass is 9.89. The summed E-state index contributed by atoms with van der Waals surface area (Å²) >= 11 is 0. The SMILES string of the molecule is CC[C@@H]1C[C@@H](C(=O)N[C@H](C)Cc2ccccc2C(F)(F)F)CC(=O)N1. The molecule has 1 saturated heterocycles. The van der Waals surface area contributed by atoms with Gasteiger partial charge in [0, 0.05) is 24.4 Å². The van der Waals surface area contributed by atoms with E-state index in [0.717, 1.165) is 12.5 Å². The molecule has 1 aromatic carbocycles. The third-order valence-electron chi connectivity index (χ3n) is 4.47. The molecule has 1 heterocycles. The van der Waals surface area contributed by atoms with Gasteiger partial charge in [0.15, 0.2) is 0 Å². The van der Waals surface area contributed by atoms with Gasteiger partial charge in [0.05, 0.1) is 5.56 Å². The van der Waals surface area contributed by atoms with Gasteiger partial charge >= 0.3 is 6.18 Å². The molecule has 0 aliphatic carbocycles. The van der Waals surface area contributed by atoms with E-state index >= 15 is 0 Å². The molecule has 3 atom stereocenters. The van der Waals surface area contributed by atoms with E-state index in [2.05, 4.69) is 10.6 Å². The van der Waals surface area contributed by atoms with Gasteiger partial charge in [-0.15, -0.1) is 0 Å². The van der Waals surface area contributed by atoms with Crippen LogP contribution in [-0.2, 0) is 22.2 Å². The number of hydrogen-bond donors (Lipinski definition) is 2. The number of carbonyl (C=O) groups excluding carboxylic acids is 2. The van der Waals surface area contributed by atoms with E-state index in [1.54, 1.807) is 13.0 Å². The molecule has 0 radical (unpaired) electrons. The predicted molar refractivity (Wildman–Crippen MR) is 87.7 cm³/mol. The minimum atomic E-state index is -4.42. The van der Waals surface area contributed by atoms with E-state index < -0.39 is 23.7 Å². The monoisotopic (exact) mass is 356 g/mol. The summed E-state index contributed by atoms with van der Waals surface area (Å²) in [5.74, 6) is -0.863. The van der Waals surface area contributed by atoms with Crippen molar-refractivity contribution in [2.75, 3.05) is 0 Å². The largest absolute Gasteiger partial charge is 0.416 e. The lowest BCUT2D eigenvalue weighted by Gasteiger charge is -2.29. The highest BCUT2D eigenvalue weighted by atomic mass is 19.4. The van der Waals surface area contributed by atoms with Crippen LogP contribution < -0.4 is 10.6 Å². The van der Waals surface area contributed by atoms with Crippen molar-refractivity contribution in [3.05, 3.63) is 35.4 Å². The Balaban J connectivity index is 2.00. The molecule has 0 bridgehead atoms. The van der Waals surface area contributed by atoms with E-state index in [1.807, 2.05) is 6.92 Å². The minimum absolute atomic E-state index is 0.0294. The van der Waals surface area contributed by atoms with Crippen LogP contribution in [0.25, 0.3) is 0 Å². The number of alkyl halides is 3. The molecule has 2 N–H and O–H groups in total. The van der Waals surface area contributed by atoms with Crippen LogP contribution in [-0.4, -0.2) is 23.9 Å². The van der Waals surface area contributed by atoms with Crippen molar-refractivity contribution in [1.29, 1.82) is 0 Å². The number of halogens is 3. The summed E-state index contributed by atoms with van der Waals surface area (Å²) in [5, 5.41) is 5.58. The van der Waals surface area contributed by atoms with Crippen LogP contribution in [0.4, 0.5) is 13.2 Å². The topological polar surface area (TPSA) is 58.2 Å². The highest BCUT2D eigenvalue weighted by molar-refractivity contribution is 5.87. The predicted octanol–water partition coefficient (Wildman–Crippen LogP) is 3.06. The molecule has 1 fully saturated rings. The Bertz CT molecular complexity index is 631. The molecule has 1 aromatic rings. The number of benzene rings is 1. The molecular weight excluding hydrogens is 333 g/mol. The van der Waals surface area contributed by atoms with Gasteiger partial charge < -0.3 is 10.6 Å². The maximum atomic E-state index is 13.0. The summed E-state index contributed by atoms with van der Waals surface area (Å²) in [5.41, 5.74) is -0.533. The van der Waals surface area contributed by atoms with Gasteiger partial charge in [-0.3, -0.25) is 9.59 Å². The first kappa shape index (κ1) is 19.3. The Hall–Kier alpha value is -2.05. The fourth-order valence-electron chi connectivity index (χ4n) is 3.18. The molecule has 7 heteroatoms. The Kier molecular flexibility index (Phi) is 6.08. The van der Waals surface area contributed by atoms with Crippen LogP contribution >= 0.6 is 0 Å². The summed E-state index contributed by atoms with van der Waals surface area (Å²) in [4.78, 5) is 24.0. The van der Waals surface area contributed by atoms with Crippen molar-refractivity contribution in [3.63, 3.8) is 0 Å². The third-order valence-corrected chi connectivity index (χ3v) is 4.47. The zero-order valence-electron chi connectivity index (χ0n) is 14.3. The molecule has 4 nitrogen and oxygen atoms in total. The molecular formula is C18H23F3N2O2. The summed E-state index contributed by atoms with van der Waals surface area (Å²) < 4.78 is 39.1. The number of nitrogens with one attached hydrogen (secondary N) is 2. The van der Waals surface area contributed by atoms with E-state index in [9.17, 15) is 22.8 Å². The zero-order valence-corrected chi connectivity index (χ0v) is 14.3. The van der Waals surface area contributed by atoms with Crippen molar-refractivity contribution >= 4 is 11.8 Å². The first-order chi connectivity index (χ1) is 11.7. The highest BCUT2D eigenvalue weighted by Crippen LogP contribution is 2.32. The van der Waals surface area contributed by atoms with Gasteiger partial charge in [0.25, 0.3) is 0 Å². The van der Waals surface area contributed by atoms with Gasteiger partial charge in [-0.2, -0.15) is 13.2 Å². The molecule has 0 saturated carbocycles. The maximum absolute atomic E-state index is 13.0. The highest BCUT2D eigenvalue weighted by Gasteiger charge is 2.34. The Morgan fingerprint density at radius 2 is 2.04 bits per heavy atom. The second kappa shape index (κ2) is 7.89. The van der Waals surface area contributed by atoms with Crippen LogP contribution in [0.3, 0.4) is 0 Å². The lowest BCUT2D eigenvalue weighted by Crippen LogP contribution is -2.48. The molecule has 2 rings (SSSR count). The maximum Gasteiger partial charge on any atom is 0.416 e. The smallest absolute Gasteiger partial charge is 0.353 e. The lowest BCUT2D eigenvalue weighted by molar-refractivity contribution is -0.138. The summed E-state index contributed by atoms with van der Waals surface area (Å²) in [6, 6.07) is 4.88. The van der Waals surface area contributed by atoms with Gasteiger partial charge in [-0.05, 0) is 37.8 Å². The molecule has 1 aliphatic heterocycles. The average Bonchev–Trinajstić information content (AvgIpc) is 2.53. The van der Waals surface area contributed by atoms with E-state index in [1.165, 1.54) is 12.1 Å². The quantitative estimate of drug-likeness (QED) is 0.852. The molecule has 0 aromatic heterocycles. The van der Waals surface area contributed by atoms with Crippen LogP contribution in [0.1, 0.15) is 44.2 Å². The van der Waals surface area contributed by atoms with Crippen molar-refractivity contribution in [2.45, 2.75) is 57.8 Å². The van der Waals surface area contributed by atoms with Gasteiger partial charge in [0.1, 0.15) is 0 Å². The molecule has 138 valence electrons. The molecule has 25 heavy (non-hydrogen) atoms. The second-order valence-corrected chi connectivity index (χ2v) is 6.58. The van der Waals surface area contributed by atoms with E-state index in [4.69, 9.17) is 0 Å². The normalized spacial score (nSPS) is 22.2. The van der Waals surface area contributed by atoms with Gasteiger partial charge in [-0.1, -0.05) is 25.1 Å². The standard InChI is InChI=1S/C18H23F3N2O2/c1-3-14-9-13(10-16(24)23-14)17(25)22-11(2)8-12-6-4-5-7-15(12)18(19,20)21/h4-7,11,13-14H,3,8-10H2,1-2H3,(H,22,25)(H,23,24)/t11-,13-,14-/m1/s1. The molecule has 0 unspecified atom stereocenters. The van der Waals surface area contributed by atoms with Crippen molar-refractivity contribution in [2.24, 2.45) is 5.92 Å². The number of hydrogen-bond acceptors (Lipinski definition) is 2. The number of carbonyl (C=O) groups is 2. The number of amides is 2. The Morgan fingerprint density at radius 3 is 2.68 bits per heavy atom. The van der Waals surface area contributed by atoms with Crippen molar-refractivity contribution in [1.82, 2.24) is 10.6 Å². The van der Waals surface area contributed by atoms with Crippen LogP contribution in [0, 0.1) is 5.92 Å². The first-order valence-corrected chi connectivity index (χ1v) is 8.45. The van der Waals surface area contributed by atoms with Crippen molar-refractivity contribution in [3.8, 4) is 0 Å². The minimum Gasteiger partial charge on any atom is -0.353 e. The van der Waals surface area contributed by atoms with Gasteiger partial charge in [-0.25, -0.2) is 0 Å². The first-order valence-electron chi connectivity index (χ1n) is 8.45. The van der Waals surface area contributed by atoms with Crippen LogP contribution in [0.15, 0.2) is 24.3 Å².